The van der Waals surface area contributed by atoms with E-state index in [0.29, 0.717) is 15.7 Å². The summed E-state index contributed by atoms with van der Waals surface area (Å²) in [5.41, 5.74) is 5.68. The second-order valence-electron chi connectivity index (χ2n) is 4.41. The minimum absolute atomic E-state index is 0.275. The quantitative estimate of drug-likeness (QED) is 0.429. The van der Waals surface area contributed by atoms with Gasteiger partial charge in [-0.25, -0.2) is 0 Å². The number of carbonyl (C=O) groups is 1. The van der Waals surface area contributed by atoms with Crippen molar-refractivity contribution >= 4 is 34.8 Å². The predicted octanol–water partition coefficient (Wildman–Crippen LogP) is 3.03. The van der Waals surface area contributed by atoms with E-state index in [0.717, 1.165) is 13.0 Å². The number of hydrogen-bond acceptors (Lipinski definition) is 2. The molecule has 0 atom stereocenters. The number of carbonyl (C=O) groups excluding carboxylic acids is 1. The zero-order valence-corrected chi connectivity index (χ0v) is 13.1. The van der Waals surface area contributed by atoms with Crippen LogP contribution in [-0.4, -0.2) is 17.6 Å². The van der Waals surface area contributed by atoms with E-state index in [1.807, 2.05) is 0 Å². The topological polar surface area (TPSA) is 53.2 Å². The summed E-state index contributed by atoms with van der Waals surface area (Å²) < 4.78 is 0. The lowest BCUT2D eigenvalue weighted by Crippen LogP contribution is -2.46. The maximum Gasteiger partial charge on any atom is 0.269 e. The third-order valence-corrected chi connectivity index (χ3v) is 3.17. The van der Waals surface area contributed by atoms with Gasteiger partial charge in [-0.3, -0.25) is 15.6 Å². The average molecular weight is 314 g/mol. The highest BCUT2D eigenvalue weighted by atomic mass is 35.5. The Morgan fingerprint density at radius 3 is 2.75 bits per heavy atom. The number of nitrogens with one attached hydrogen (secondary N) is 3. The van der Waals surface area contributed by atoms with E-state index in [1.165, 1.54) is 19.3 Å². The molecule has 3 N–H and O–H groups in total. The summed E-state index contributed by atoms with van der Waals surface area (Å²) in [5.74, 6) is -0.275. The van der Waals surface area contributed by atoms with E-state index in [4.69, 9.17) is 23.8 Å². The summed E-state index contributed by atoms with van der Waals surface area (Å²) in [6.45, 7) is 2.98. The van der Waals surface area contributed by atoms with Gasteiger partial charge in [0.15, 0.2) is 5.11 Å². The Hall–Kier alpha value is -1.33. The van der Waals surface area contributed by atoms with E-state index >= 15 is 0 Å². The number of hydrogen-bond donors (Lipinski definition) is 3. The summed E-state index contributed by atoms with van der Waals surface area (Å²) in [6, 6.07) is 6.72. The molecule has 0 radical (unpaired) electrons. The van der Waals surface area contributed by atoms with Crippen LogP contribution in [0.2, 0.25) is 5.02 Å². The van der Waals surface area contributed by atoms with E-state index in [1.54, 1.807) is 24.3 Å². The van der Waals surface area contributed by atoms with Crippen LogP contribution in [0.4, 0.5) is 0 Å². The smallest absolute Gasteiger partial charge is 0.269 e. The van der Waals surface area contributed by atoms with Gasteiger partial charge < -0.3 is 5.32 Å². The molecule has 1 aromatic rings. The lowest BCUT2D eigenvalue weighted by Gasteiger charge is -2.11. The number of hydrazine groups is 1. The molecule has 0 aliphatic heterocycles. The van der Waals surface area contributed by atoms with Crippen LogP contribution in [0.5, 0.6) is 0 Å². The number of benzene rings is 1. The molecule has 110 valence electrons. The predicted molar refractivity (Wildman–Crippen MR) is 86.8 cm³/mol. The normalized spacial score (nSPS) is 9.90. The minimum atomic E-state index is -0.275. The first kappa shape index (κ1) is 16.7. The highest BCUT2D eigenvalue weighted by Gasteiger charge is 2.05. The van der Waals surface area contributed by atoms with Gasteiger partial charge in [-0.2, -0.15) is 0 Å². The van der Waals surface area contributed by atoms with Gasteiger partial charge in [0.1, 0.15) is 0 Å². The summed E-state index contributed by atoms with van der Waals surface area (Å²) in [5, 5.41) is 3.98. The third-order valence-electron chi connectivity index (χ3n) is 2.69. The highest BCUT2D eigenvalue weighted by molar-refractivity contribution is 7.80. The molecule has 4 nitrogen and oxygen atoms in total. The molecule has 0 aromatic heterocycles. The van der Waals surface area contributed by atoms with E-state index in [9.17, 15) is 4.79 Å². The summed E-state index contributed by atoms with van der Waals surface area (Å²) in [4.78, 5) is 11.8. The highest BCUT2D eigenvalue weighted by Crippen LogP contribution is 2.09. The van der Waals surface area contributed by atoms with Crippen LogP contribution in [0.3, 0.4) is 0 Å². The SMILES string of the molecule is CCCCCCNC(=S)NNC(=O)c1cccc(Cl)c1. The molecule has 1 aromatic carbocycles. The Bertz CT molecular complexity index is 454. The number of unbranched alkanes of at least 4 members (excludes halogenated alkanes) is 3. The first-order valence-electron chi connectivity index (χ1n) is 6.73. The standard InChI is InChI=1S/C14H20ClN3OS/c1-2-3-4-5-9-16-14(20)18-17-13(19)11-7-6-8-12(15)10-11/h6-8,10H,2-5,9H2,1H3,(H,17,19)(H2,16,18,20). The van der Waals surface area contributed by atoms with Gasteiger partial charge in [0.25, 0.3) is 5.91 Å². The fraction of sp³-hybridized carbons (Fsp3) is 0.429. The molecule has 0 unspecified atom stereocenters. The zero-order chi connectivity index (χ0) is 14.8. The average Bonchev–Trinajstić information content (AvgIpc) is 2.44. The van der Waals surface area contributed by atoms with Crippen LogP contribution >= 0.6 is 23.8 Å². The zero-order valence-electron chi connectivity index (χ0n) is 11.5. The van der Waals surface area contributed by atoms with Crippen LogP contribution in [0, 0.1) is 0 Å². The van der Waals surface area contributed by atoms with Crippen molar-refractivity contribution in [3.05, 3.63) is 34.9 Å². The Labute approximate surface area is 130 Å². The maximum atomic E-state index is 11.8. The van der Waals surface area contributed by atoms with Crippen molar-refractivity contribution in [2.75, 3.05) is 6.54 Å². The molecule has 0 spiro atoms. The molecule has 0 heterocycles. The monoisotopic (exact) mass is 313 g/mol. The van der Waals surface area contributed by atoms with Crippen molar-refractivity contribution in [2.45, 2.75) is 32.6 Å². The van der Waals surface area contributed by atoms with Crippen LogP contribution in [0.15, 0.2) is 24.3 Å². The molecule has 0 saturated carbocycles. The van der Waals surface area contributed by atoms with Gasteiger partial charge in [0, 0.05) is 17.1 Å². The van der Waals surface area contributed by atoms with Crippen molar-refractivity contribution in [1.82, 2.24) is 16.2 Å². The molecule has 0 fully saturated rings. The fourth-order valence-corrected chi connectivity index (χ4v) is 1.96. The molecule has 0 bridgehead atoms. The van der Waals surface area contributed by atoms with Gasteiger partial charge in [0.05, 0.1) is 0 Å². The Kier molecular flexibility index (Phi) is 7.99. The van der Waals surface area contributed by atoms with Crippen molar-refractivity contribution in [3.8, 4) is 0 Å². The second kappa shape index (κ2) is 9.55. The minimum Gasteiger partial charge on any atom is -0.361 e. The number of thiocarbonyl (C=S) groups is 1. The van der Waals surface area contributed by atoms with Gasteiger partial charge in [0.2, 0.25) is 0 Å². The van der Waals surface area contributed by atoms with Crippen molar-refractivity contribution in [3.63, 3.8) is 0 Å². The van der Waals surface area contributed by atoms with Crippen molar-refractivity contribution in [2.24, 2.45) is 0 Å². The van der Waals surface area contributed by atoms with Crippen LogP contribution in [0.25, 0.3) is 0 Å². The number of amides is 1. The first-order chi connectivity index (χ1) is 9.63. The lowest BCUT2D eigenvalue weighted by molar-refractivity contribution is 0.0943. The number of halogens is 1. The molecular formula is C14H20ClN3OS. The lowest BCUT2D eigenvalue weighted by atomic mass is 10.2. The van der Waals surface area contributed by atoms with Gasteiger partial charge in [-0.15, -0.1) is 0 Å². The van der Waals surface area contributed by atoms with Gasteiger partial charge in [-0.05, 0) is 36.8 Å². The number of rotatable bonds is 6. The third kappa shape index (κ3) is 6.73. The summed E-state index contributed by atoms with van der Waals surface area (Å²) >= 11 is 10.9. The molecule has 6 heteroatoms. The Morgan fingerprint density at radius 2 is 2.05 bits per heavy atom. The Morgan fingerprint density at radius 1 is 1.25 bits per heavy atom. The van der Waals surface area contributed by atoms with Crippen molar-refractivity contribution < 1.29 is 4.79 Å². The summed E-state index contributed by atoms with van der Waals surface area (Å²) in [6.07, 6.45) is 4.69. The molecule has 0 saturated heterocycles. The first-order valence-corrected chi connectivity index (χ1v) is 7.52. The molecule has 0 aliphatic rings. The van der Waals surface area contributed by atoms with Crippen LogP contribution in [0.1, 0.15) is 43.0 Å². The Balaban J connectivity index is 2.22. The molecule has 0 aliphatic carbocycles. The molecule has 1 amide bonds. The van der Waals surface area contributed by atoms with E-state index in [-0.39, 0.29) is 5.91 Å². The van der Waals surface area contributed by atoms with Crippen LogP contribution < -0.4 is 16.2 Å². The van der Waals surface area contributed by atoms with Crippen molar-refractivity contribution in [1.29, 1.82) is 0 Å². The second-order valence-corrected chi connectivity index (χ2v) is 5.25. The van der Waals surface area contributed by atoms with Gasteiger partial charge >= 0.3 is 0 Å². The molecule has 1 rings (SSSR count). The van der Waals surface area contributed by atoms with Gasteiger partial charge in [-0.1, -0.05) is 43.9 Å². The maximum absolute atomic E-state index is 11.8. The fourth-order valence-electron chi connectivity index (χ4n) is 1.61. The van der Waals surface area contributed by atoms with Crippen LogP contribution in [-0.2, 0) is 0 Å². The molecular weight excluding hydrogens is 294 g/mol. The van der Waals surface area contributed by atoms with E-state index < -0.39 is 0 Å². The summed E-state index contributed by atoms with van der Waals surface area (Å²) in [7, 11) is 0. The largest absolute Gasteiger partial charge is 0.361 e. The molecule has 20 heavy (non-hydrogen) atoms. The van der Waals surface area contributed by atoms with E-state index in [2.05, 4.69) is 23.1 Å².